The molecule has 0 spiro atoms. The molecule has 0 aliphatic rings. The smallest absolute Gasteiger partial charge is 0.290 e. The van der Waals surface area contributed by atoms with Gasteiger partial charge in [-0.15, -0.1) is 0 Å². The highest BCUT2D eigenvalue weighted by Crippen LogP contribution is 2.18. The van der Waals surface area contributed by atoms with Crippen molar-refractivity contribution in [1.29, 1.82) is 0 Å². The quantitative estimate of drug-likeness (QED) is 0.619. The van der Waals surface area contributed by atoms with Gasteiger partial charge in [-0.1, -0.05) is 0 Å². The molecule has 1 rings (SSSR count). The lowest BCUT2D eigenvalue weighted by Gasteiger charge is -2.11. The van der Waals surface area contributed by atoms with Crippen LogP contribution in [0.5, 0.6) is 0 Å². The monoisotopic (exact) mass is 238 g/mol. The van der Waals surface area contributed by atoms with Crippen molar-refractivity contribution >= 4 is 17.4 Å². The van der Waals surface area contributed by atoms with Crippen molar-refractivity contribution in [2.45, 2.75) is 6.92 Å². The van der Waals surface area contributed by atoms with Crippen LogP contribution in [0.25, 0.3) is 0 Å². The number of amides is 1. The zero-order valence-electron chi connectivity index (χ0n) is 9.93. The number of pyridine rings is 1. The standard InChI is InChI=1S/C10H14N4O3/c1-7-4-9(11-5-8(7)14(16)17)12-6-10(15)13(2)3/h4-5H,6H2,1-3H3,(H,11,12). The summed E-state index contributed by atoms with van der Waals surface area (Å²) in [7, 11) is 3.30. The molecule has 0 saturated heterocycles. The van der Waals surface area contributed by atoms with Crippen molar-refractivity contribution in [1.82, 2.24) is 9.88 Å². The fourth-order valence-corrected chi connectivity index (χ4v) is 1.16. The minimum Gasteiger partial charge on any atom is -0.361 e. The van der Waals surface area contributed by atoms with Gasteiger partial charge >= 0.3 is 0 Å². The highest BCUT2D eigenvalue weighted by Gasteiger charge is 2.11. The van der Waals surface area contributed by atoms with Crippen LogP contribution in [0.4, 0.5) is 11.5 Å². The van der Waals surface area contributed by atoms with E-state index in [4.69, 9.17) is 0 Å². The van der Waals surface area contributed by atoms with E-state index in [0.717, 1.165) is 0 Å². The topological polar surface area (TPSA) is 88.4 Å². The summed E-state index contributed by atoms with van der Waals surface area (Å²) in [5, 5.41) is 13.4. The summed E-state index contributed by atoms with van der Waals surface area (Å²) in [4.78, 5) is 26.7. The Bertz CT molecular complexity index is 445. The van der Waals surface area contributed by atoms with Gasteiger partial charge in [-0.2, -0.15) is 0 Å². The van der Waals surface area contributed by atoms with Gasteiger partial charge in [-0.25, -0.2) is 4.98 Å². The van der Waals surface area contributed by atoms with Crippen LogP contribution in [-0.2, 0) is 4.79 Å². The maximum absolute atomic E-state index is 11.3. The van der Waals surface area contributed by atoms with Gasteiger partial charge in [0.1, 0.15) is 12.0 Å². The van der Waals surface area contributed by atoms with E-state index in [1.165, 1.54) is 11.1 Å². The average Bonchev–Trinajstić information content (AvgIpc) is 2.25. The molecule has 1 aromatic rings. The molecule has 0 fully saturated rings. The Hall–Kier alpha value is -2.18. The van der Waals surface area contributed by atoms with Crippen molar-refractivity contribution in [3.8, 4) is 0 Å². The van der Waals surface area contributed by atoms with Gasteiger partial charge in [0.15, 0.2) is 0 Å². The second-order valence-corrected chi connectivity index (χ2v) is 3.75. The normalized spacial score (nSPS) is 9.82. The van der Waals surface area contributed by atoms with E-state index in [9.17, 15) is 14.9 Å². The van der Waals surface area contributed by atoms with Crippen molar-refractivity contribution in [3.05, 3.63) is 27.9 Å². The lowest BCUT2D eigenvalue weighted by atomic mass is 10.2. The van der Waals surface area contributed by atoms with Crippen molar-refractivity contribution in [2.24, 2.45) is 0 Å². The Morgan fingerprint density at radius 3 is 2.71 bits per heavy atom. The predicted octanol–water partition coefficient (Wildman–Crippen LogP) is 0.798. The average molecular weight is 238 g/mol. The third kappa shape index (κ3) is 3.40. The maximum atomic E-state index is 11.3. The van der Waals surface area contributed by atoms with E-state index in [2.05, 4.69) is 10.3 Å². The summed E-state index contributed by atoms with van der Waals surface area (Å²) in [6.45, 7) is 1.73. The molecule has 7 nitrogen and oxygen atoms in total. The van der Waals surface area contributed by atoms with Gasteiger partial charge in [0.2, 0.25) is 5.91 Å². The van der Waals surface area contributed by atoms with Crippen molar-refractivity contribution < 1.29 is 9.72 Å². The van der Waals surface area contributed by atoms with Crippen LogP contribution in [0, 0.1) is 17.0 Å². The second-order valence-electron chi connectivity index (χ2n) is 3.75. The zero-order chi connectivity index (χ0) is 13.0. The molecule has 0 saturated carbocycles. The number of likely N-dealkylation sites (N-methyl/N-ethyl adjacent to an activating group) is 1. The van der Waals surface area contributed by atoms with Crippen LogP contribution >= 0.6 is 0 Å². The first kappa shape index (κ1) is 12.9. The highest BCUT2D eigenvalue weighted by atomic mass is 16.6. The van der Waals surface area contributed by atoms with E-state index in [0.29, 0.717) is 11.4 Å². The maximum Gasteiger partial charge on any atom is 0.290 e. The van der Waals surface area contributed by atoms with E-state index in [1.54, 1.807) is 27.1 Å². The molecule has 0 atom stereocenters. The first-order chi connectivity index (χ1) is 7.91. The van der Waals surface area contributed by atoms with Crippen LogP contribution in [0.15, 0.2) is 12.3 Å². The molecule has 1 N–H and O–H groups in total. The summed E-state index contributed by atoms with van der Waals surface area (Å²) >= 11 is 0. The molecule has 1 amide bonds. The summed E-state index contributed by atoms with van der Waals surface area (Å²) in [5.74, 6) is 0.353. The lowest BCUT2D eigenvalue weighted by molar-refractivity contribution is -0.385. The molecule has 0 unspecified atom stereocenters. The Balaban J connectivity index is 2.71. The number of aromatic nitrogens is 1. The summed E-state index contributed by atoms with van der Waals surface area (Å²) < 4.78 is 0. The highest BCUT2D eigenvalue weighted by molar-refractivity contribution is 5.80. The Labute approximate surface area is 98.6 Å². The number of rotatable bonds is 4. The third-order valence-corrected chi connectivity index (χ3v) is 2.20. The Morgan fingerprint density at radius 2 is 2.24 bits per heavy atom. The molecule has 0 radical (unpaired) electrons. The van der Waals surface area contributed by atoms with Gasteiger partial charge < -0.3 is 10.2 Å². The minimum atomic E-state index is -0.489. The van der Waals surface area contributed by atoms with E-state index in [1.807, 2.05) is 0 Å². The number of carbonyl (C=O) groups is 1. The molecular weight excluding hydrogens is 224 g/mol. The van der Waals surface area contributed by atoms with Crippen LogP contribution in [0.1, 0.15) is 5.56 Å². The van der Waals surface area contributed by atoms with Crippen molar-refractivity contribution in [2.75, 3.05) is 26.0 Å². The number of hydrogen-bond donors (Lipinski definition) is 1. The van der Waals surface area contributed by atoms with Crippen LogP contribution in [-0.4, -0.2) is 41.4 Å². The summed E-state index contributed by atoms with van der Waals surface area (Å²) in [5.41, 5.74) is 0.472. The number of aryl methyl sites for hydroxylation is 1. The zero-order valence-corrected chi connectivity index (χ0v) is 9.93. The molecule has 1 heterocycles. The largest absolute Gasteiger partial charge is 0.361 e. The number of hydrogen-bond acceptors (Lipinski definition) is 5. The molecule has 1 aromatic heterocycles. The Morgan fingerprint density at radius 1 is 1.59 bits per heavy atom. The molecular formula is C10H14N4O3. The van der Waals surface area contributed by atoms with Gasteiger partial charge in [-0.05, 0) is 13.0 Å². The molecule has 92 valence electrons. The molecule has 0 aliphatic heterocycles. The molecule has 17 heavy (non-hydrogen) atoms. The van der Waals surface area contributed by atoms with Crippen LogP contribution in [0.3, 0.4) is 0 Å². The fraction of sp³-hybridized carbons (Fsp3) is 0.400. The number of nitrogens with one attached hydrogen (secondary N) is 1. The van der Waals surface area contributed by atoms with Gasteiger partial charge in [0.25, 0.3) is 5.69 Å². The number of carbonyl (C=O) groups excluding carboxylic acids is 1. The van der Waals surface area contributed by atoms with Gasteiger partial charge in [-0.3, -0.25) is 14.9 Å². The Kier molecular flexibility index (Phi) is 3.97. The van der Waals surface area contributed by atoms with E-state index in [-0.39, 0.29) is 18.1 Å². The van der Waals surface area contributed by atoms with E-state index >= 15 is 0 Å². The third-order valence-electron chi connectivity index (χ3n) is 2.20. The summed E-state index contributed by atoms with van der Waals surface area (Å²) in [6.07, 6.45) is 1.18. The minimum absolute atomic E-state index is 0.0329. The number of anilines is 1. The van der Waals surface area contributed by atoms with Crippen LogP contribution in [0.2, 0.25) is 0 Å². The summed E-state index contributed by atoms with van der Waals surface area (Å²) in [6, 6.07) is 1.54. The lowest BCUT2D eigenvalue weighted by Crippen LogP contribution is -2.28. The molecule has 7 heteroatoms. The number of nitrogens with zero attached hydrogens (tertiary/aromatic N) is 3. The second kappa shape index (κ2) is 5.24. The van der Waals surface area contributed by atoms with E-state index < -0.39 is 4.92 Å². The fourth-order valence-electron chi connectivity index (χ4n) is 1.16. The van der Waals surface area contributed by atoms with Crippen LogP contribution < -0.4 is 5.32 Å². The molecule has 0 bridgehead atoms. The SMILES string of the molecule is Cc1cc(NCC(=O)N(C)C)ncc1[N+](=O)[O-]. The number of nitro groups is 1. The first-order valence-corrected chi connectivity index (χ1v) is 4.97. The van der Waals surface area contributed by atoms with Crippen molar-refractivity contribution in [3.63, 3.8) is 0 Å². The predicted molar refractivity (Wildman–Crippen MR) is 62.8 cm³/mol. The molecule has 0 aliphatic carbocycles. The molecule has 0 aromatic carbocycles. The van der Waals surface area contributed by atoms with Gasteiger partial charge in [0, 0.05) is 19.7 Å². The first-order valence-electron chi connectivity index (χ1n) is 4.97. The van der Waals surface area contributed by atoms with Gasteiger partial charge in [0.05, 0.1) is 11.5 Å².